The highest BCUT2D eigenvalue weighted by Gasteiger charge is 2.52. The van der Waals surface area contributed by atoms with E-state index in [-0.39, 0.29) is 17.0 Å². The van der Waals surface area contributed by atoms with Gasteiger partial charge in [-0.05, 0) is 81.8 Å². The van der Waals surface area contributed by atoms with Crippen LogP contribution < -0.4 is 4.74 Å². The zero-order valence-electron chi connectivity index (χ0n) is 18.6. The van der Waals surface area contributed by atoms with Gasteiger partial charge in [-0.25, -0.2) is 0 Å². The van der Waals surface area contributed by atoms with E-state index in [0.717, 1.165) is 62.8 Å². The summed E-state index contributed by atoms with van der Waals surface area (Å²) in [7, 11) is 0. The van der Waals surface area contributed by atoms with Crippen LogP contribution in [0.5, 0.6) is 5.75 Å². The molecule has 0 spiro atoms. The first kappa shape index (κ1) is 23.1. The fourth-order valence-electron chi connectivity index (χ4n) is 5.73. The average molecular weight is 465 g/mol. The van der Waals surface area contributed by atoms with Crippen LogP contribution >= 0.6 is 23.2 Å². The maximum Gasteiger partial charge on any atom is 0.171 e. The molecule has 0 N–H and O–H groups in total. The summed E-state index contributed by atoms with van der Waals surface area (Å²) in [4.78, 5) is 24.9. The largest absolute Gasteiger partial charge is 0.492 e. The number of ether oxygens (including phenoxy) is 1. The SMILES string of the molecule is CC(=O)CCCCCOc1cc2c(c(Cl)c1Cl)C(=O)C(CCC1CC1)(C1CCCC1)C2. The van der Waals surface area contributed by atoms with Crippen LogP contribution in [0, 0.1) is 17.3 Å². The first-order valence-electron chi connectivity index (χ1n) is 12.1. The molecule has 0 saturated heterocycles. The number of hydrogen-bond donors (Lipinski definition) is 0. The van der Waals surface area contributed by atoms with E-state index in [4.69, 9.17) is 27.9 Å². The van der Waals surface area contributed by atoms with Gasteiger partial charge in [-0.1, -0.05) is 48.9 Å². The normalized spacial score (nSPS) is 23.4. The molecule has 0 aromatic heterocycles. The van der Waals surface area contributed by atoms with Crippen molar-refractivity contribution in [2.24, 2.45) is 17.3 Å². The molecule has 0 bridgehead atoms. The van der Waals surface area contributed by atoms with Crippen molar-refractivity contribution in [3.8, 4) is 5.75 Å². The standard InChI is InChI=1S/C26H34Cl2O3/c1-17(29)7-3-2-6-14-31-21-15-19-16-26(13-12-18-10-11-18,20-8-4-5-9-20)25(30)22(19)24(28)23(21)27/h15,18,20H,2-14,16H2,1H3. The molecule has 3 aliphatic carbocycles. The molecule has 1 aromatic carbocycles. The Balaban J connectivity index is 1.49. The van der Waals surface area contributed by atoms with Gasteiger partial charge < -0.3 is 9.53 Å². The number of benzene rings is 1. The summed E-state index contributed by atoms with van der Waals surface area (Å²) >= 11 is 13.2. The smallest absolute Gasteiger partial charge is 0.171 e. The van der Waals surface area contributed by atoms with Crippen LogP contribution in [0.2, 0.25) is 10.0 Å². The van der Waals surface area contributed by atoms with Crippen LogP contribution in [0.25, 0.3) is 0 Å². The fraction of sp³-hybridized carbons (Fsp3) is 0.692. The Morgan fingerprint density at radius 3 is 2.52 bits per heavy atom. The Labute approximate surface area is 196 Å². The molecule has 0 aliphatic heterocycles. The van der Waals surface area contributed by atoms with Crippen LogP contribution in [0.15, 0.2) is 6.07 Å². The molecule has 31 heavy (non-hydrogen) atoms. The highest BCUT2D eigenvalue weighted by Crippen LogP contribution is 2.55. The van der Waals surface area contributed by atoms with E-state index in [1.54, 1.807) is 6.92 Å². The minimum atomic E-state index is -0.292. The summed E-state index contributed by atoms with van der Waals surface area (Å²) in [6.07, 6.45) is 13.6. The maximum atomic E-state index is 13.8. The van der Waals surface area contributed by atoms with Gasteiger partial charge in [0.05, 0.1) is 11.6 Å². The Bertz CT molecular complexity index is 840. The zero-order chi connectivity index (χ0) is 22.0. The number of fused-ring (bicyclic) bond motifs is 1. The molecule has 1 aromatic rings. The van der Waals surface area contributed by atoms with E-state index >= 15 is 0 Å². The van der Waals surface area contributed by atoms with Gasteiger partial charge in [-0.15, -0.1) is 0 Å². The van der Waals surface area contributed by atoms with E-state index in [2.05, 4.69) is 0 Å². The van der Waals surface area contributed by atoms with Gasteiger partial charge >= 0.3 is 0 Å². The van der Waals surface area contributed by atoms with Crippen molar-refractivity contribution in [1.82, 2.24) is 0 Å². The van der Waals surface area contributed by atoms with Crippen LogP contribution in [0.1, 0.15) is 99.9 Å². The van der Waals surface area contributed by atoms with Gasteiger partial charge in [-0.2, -0.15) is 0 Å². The molecule has 170 valence electrons. The number of carbonyl (C=O) groups is 2. The van der Waals surface area contributed by atoms with Crippen molar-refractivity contribution >= 4 is 34.8 Å². The van der Waals surface area contributed by atoms with Crippen LogP contribution in [0.3, 0.4) is 0 Å². The van der Waals surface area contributed by atoms with E-state index in [1.165, 1.54) is 25.7 Å². The Morgan fingerprint density at radius 2 is 1.84 bits per heavy atom. The highest BCUT2D eigenvalue weighted by molar-refractivity contribution is 6.45. The first-order valence-corrected chi connectivity index (χ1v) is 12.9. The van der Waals surface area contributed by atoms with Crippen molar-refractivity contribution in [2.75, 3.05) is 6.61 Å². The summed E-state index contributed by atoms with van der Waals surface area (Å²) in [5.41, 5.74) is 1.39. The summed E-state index contributed by atoms with van der Waals surface area (Å²) in [5, 5.41) is 0.740. The Morgan fingerprint density at radius 1 is 1.10 bits per heavy atom. The van der Waals surface area contributed by atoms with Crippen LogP contribution in [-0.2, 0) is 11.2 Å². The molecule has 5 heteroatoms. The lowest BCUT2D eigenvalue weighted by Gasteiger charge is -2.34. The predicted molar refractivity (Wildman–Crippen MR) is 125 cm³/mol. The third-order valence-electron chi connectivity index (χ3n) is 7.70. The average Bonchev–Trinajstić information content (AvgIpc) is 3.31. The third-order valence-corrected chi connectivity index (χ3v) is 8.55. The molecule has 0 radical (unpaired) electrons. The minimum absolute atomic E-state index is 0.228. The Kier molecular flexibility index (Phi) is 7.33. The summed E-state index contributed by atoms with van der Waals surface area (Å²) in [6.45, 7) is 2.16. The van der Waals surface area contributed by atoms with Crippen LogP contribution in [0.4, 0.5) is 0 Å². The second-order valence-corrected chi connectivity index (χ2v) is 10.8. The number of unbranched alkanes of at least 4 members (excludes halogenated alkanes) is 2. The zero-order valence-corrected chi connectivity index (χ0v) is 20.1. The van der Waals surface area contributed by atoms with Gasteiger partial charge in [0, 0.05) is 17.4 Å². The van der Waals surface area contributed by atoms with E-state index in [9.17, 15) is 9.59 Å². The molecular weight excluding hydrogens is 431 g/mol. The van der Waals surface area contributed by atoms with Gasteiger partial charge in [0.15, 0.2) is 5.78 Å². The molecule has 0 heterocycles. The second kappa shape index (κ2) is 9.83. The van der Waals surface area contributed by atoms with Crippen molar-refractivity contribution in [3.05, 3.63) is 27.2 Å². The molecule has 1 unspecified atom stereocenters. The summed E-state index contributed by atoms with van der Waals surface area (Å²) < 4.78 is 5.97. The quantitative estimate of drug-likeness (QED) is 0.316. The van der Waals surface area contributed by atoms with Crippen molar-refractivity contribution in [1.29, 1.82) is 0 Å². The van der Waals surface area contributed by atoms with Crippen LogP contribution in [-0.4, -0.2) is 18.2 Å². The van der Waals surface area contributed by atoms with E-state index in [1.807, 2.05) is 6.07 Å². The number of halogens is 2. The maximum absolute atomic E-state index is 13.8. The van der Waals surface area contributed by atoms with Gasteiger partial charge in [0.25, 0.3) is 0 Å². The number of ketones is 2. The molecule has 3 nitrogen and oxygen atoms in total. The van der Waals surface area contributed by atoms with Gasteiger partial charge in [-0.3, -0.25) is 4.79 Å². The number of hydrogen-bond acceptors (Lipinski definition) is 3. The van der Waals surface area contributed by atoms with E-state index in [0.29, 0.717) is 40.3 Å². The molecular formula is C26H34Cl2O3. The van der Waals surface area contributed by atoms with Crippen molar-refractivity contribution < 1.29 is 14.3 Å². The highest BCUT2D eigenvalue weighted by atomic mass is 35.5. The molecule has 4 rings (SSSR count). The van der Waals surface area contributed by atoms with Crippen molar-refractivity contribution in [2.45, 2.75) is 90.4 Å². The molecule has 1 atom stereocenters. The third kappa shape index (κ3) is 4.98. The lowest BCUT2D eigenvalue weighted by atomic mass is 9.68. The van der Waals surface area contributed by atoms with Crippen molar-refractivity contribution in [3.63, 3.8) is 0 Å². The van der Waals surface area contributed by atoms with E-state index < -0.39 is 0 Å². The molecule has 0 amide bonds. The molecule has 3 aliphatic rings. The number of rotatable bonds is 11. The molecule has 2 fully saturated rings. The lowest BCUT2D eigenvalue weighted by molar-refractivity contribution is -0.117. The summed E-state index contributed by atoms with van der Waals surface area (Å²) in [6, 6.07) is 1.98. The number of carbonyl (C=O) groups excluding carboxylic acids is 2. The Hall–Kier alpha value is -1.06. The second-order valence-electron chi connectivity index (χ2n) is 10.0. The molecule has 2 saturated carbocycles. The van der Waals surface area contributed by atoms with Gasteiger partial charge in [0.2, 0.25) is 0 Å². The summed E-state index contributed by atoms with van der Waals surface area (Å²) in [5.74, 6) is 2.33. The predicted octanol–water partition coefficient (Wildman–Crippen LogP) is 7.63. The minimum Gasteiger partial charge on any atom is -0.492 e. The van der Waals surface area contributed by atoms with Gasteiger partial charge in [0.1, 0.15) is 16.6 Å². The first-order chi connectivity index (χ1) is 14.9. The number of Topliss-reactive ketones (excluding diaryl/α,β-unsaturated/α-hetero) is 2. The monoisotopic (exact) mass is 464 g/mol. The fourth-order valence-corrected chi connectivity index (χ4v) is 6.23. The topological polar surface area (TPSA) is 43.4 Å². The lowest BCUT2D eigenvalue weighted by Crippen LogP contribution is -2.35.